The van der Waals surface area contributed by atoms with Crippen molar-refractivity contribution in [1.29, 1.82) is 0 Å². The number of likely N-dealkylation sites (N-methyl/N-ethyl adjacent to an activating group) is 1. The second-order valence-electron chi connectivity index (χ2n) is 4.35. The first-order valence-electron chi connectivity index (χ1n) is 6.40. The number of amides is 3. The van der Waals surface area contributed by atoms with Gasteiger partial charge in [-0.1, -0.05) is 0 Å². The zero-order valence-electron chi connectivity index (χ0n) is 12.4. The SMILES string of the molecule is CCN(C)C(=O)C(C)NC(=O)N(CCOC)CC(F)F. The Hall–Kier alpha value is -1.44. The van der Waals surface area contributed by atoms with Crippen LogP contribution in [0, 0.1) is 0 Å². The normalized spacial score (nSPS) is 12.2. The van der Waals surface area contributed by atoms with Crippen LogP contribution >= 0.6 is 0 Å². The first-order chi connectivity index (χ1) is 9.33. The molecular weight excluding hydrogens is 272 g/mol. The van der Waals surface area contributed by atoms with Crippen LogP contribution in [0.2, 0.25) is 0 Å². The van der Waals surface area contributed by atoms with E-state index in [0.29, 0.717) is 6.54 Å². The van der Waals surface area contributed by atoms with Crippen LogP contribution in [0.1, 0.15) is 13.8 Å². The van der Waals surface area contributed by atoms with Gasteiger partial charge in [-0.25, -0.2) is 13.6 Å². The highest BCUT2D eigenvalue weighted by Gasteiger charge is 2.23. The molecule has 0 aliphatic carbocycles. The van der Waals surface area contributed by atoms with E-state index in [2.05, 4.69) is 5.32 Å². The van der Waals surface area contributed by atoms with Crippen LogP contribution in [0.15, 0.2) is 0 Å². The Balaban J connectivity index is 4.53. The highest BCUT2D eigenvalue weighted by molar-refractivity contribution is 5.86. The third-order valence-electron chi connectivity index (χ3n) is 2.77. The minimum absolute atomic E-state index is 0.0389. The van der Waals surface area contributed by atoms with Crippen molar-refractivity contribution in [2.75, 3.05) is 40.4 Å². The lowest BCUT2D eigenvalue weighted by Gasteiger charge is -2.26. The topological polar surface area (TPSA) is 61.9 Å². The molecule has 0 rings (SSSR count). The van der Waals surface area contributed by atoms with E-state index in [9.17, 15) is 18.4 Å². The van der Waals surface area contributed by atoms with Crippen LogP contribution in [0.5, 0.6) is 0 Å². The maximum absolute atomic E-state index is 12.4. The average Bonchev–Trinajstić information content (AvgIpc) is 2.40. The first kappa shape index (κ1) is 18.6. The minimum Gasteiger partial charge on any atom is -0.383 e. The Labute approximate surface area is 118 Å². The lowest BCUT2D eigenvalue weighted by Crippen LogP contribution is -2.51. The number of carbonyl (C=O) groups is 2. The number of urea groups is 1. The molecule has 118 valence electrons. The number of nitrogens with zero attached hydrogens (tertiary/aromatic N) is 2. The lowest BCUT2D eigenvalue weighted by molar-refractivity contribution is -0.131. The molecule has 1 N–H and O–H groups in total. The summed E-state index contributed by atoms with van der Waals surface area (Å²) in [6.45, 7) is 3.31. The van der Waals surface area contributed by atoms with E-state index >= 15 is 0 Å². The Morgan fingerprint density at radius 3 is 2.40 bits per heavy atom. The Morgan fingerprint density at radius 1 is 1.35 bits per heavy atom. The first-order valence-corrected chi connectivity index (χ1v) is 6.40. The van der Waals surface area contributed by atoms with Crippen molar-refractivity contribution in [2.24, 2.45) is 0 Å². The van der Waals surface area contributed by atoms with Gasteiger partial charge in [-0.05, 0) is 13.8 Å². The zero-order chi connectivity index (χ0) is 15.7. The molecule has 0 spiro atoms. The third kappa shape index (κ3) is 6.65. The van der Waals surface area contributed by atoms with Gasteiger partial charge in [0, 0.05) is 27.2 Å². The van der Waals surface area contributed by atoms with E-state index in [1.165, 1.54) is 18.9 Å². The molecular formula is C12H23F2N3O3. The molecule has 0 fully saturated rings. The van der Waals surface area contributed by atoms with E-state index in [4.69, 9.17) is 4.74 Å². The molecule has 1 atom stereocenters. The number of rotatable bonds is 8. The summed E-state index contributed by atoms with van der Waals surface area (Å²) in [6, 6.07) is -1.47. The molecule has 0 bridgehead atoms. The highest BCUT2D eigenvalue weighted by atomic mass is 19.3. The van der Waals surface area contributed by atoms with Gasteiger partial charge < -0.3 is 19.9 Å². The second kappa shape index (κ2) is 9.46. The minimum atomic E-state index is -2.64. The van der Waals surface area contributed by atoms with Crippen LogP contribution in [0.25, 0.3) is 0 Å². The summed E-state index contributed by atoms with van der Waals surface area (Å²) in [6.07, 6.45) is -2.64. The number of carbonyl (C=O) groups excluding carboxylic acids is 2. The van der Waals surface area contributed by atoms with Crippen molar-refractivity contribution in [2.45, 2.75) is 26.3 Å². The largest absolute Gasteiger partial charge is 0.383 e. The average molecular weight is 295 g/mol. The lowest BCUT2D eigenvalue weighted by atomic mass is 10.3. The monoisotopic (exact) mass is 295 g/mol. The molecule has 0 aromatic carbocycles. The van der Waals surface area contributed by atoms with Gasteiger partial charge in [0.05, 0.1) is 13.2 Å². The molecule has 0 saturated heterocycles. The van der Waals surface area contributed by atoms with E-state index < -0.39 is 25.0 Å². The van der Waals surface area contributed by atoms with Crippen molar-refractivity contribution < 1.29 is 23.1 Å². The van der Waals surface area contributed by atoms with Gasteiger partial charge in [-0.2, -0.15) is 0 Å². The van der Waals surface area contributed by atoms with Gasteiger partial charge in [0.15, 0.2) is 0 Å². The van der Waals surface area contributed by atoms with Gasteiger partial charge >= 0.3 is 6.03 Å². The Bertz CT molecular complexity index is 316. The number of ether oxygens (including phenoxy) is 1. The van der Waals surface area contributed by atoms with Crippen LogP contribution in [-0.4, -0.2) is 74.6 Å². The van der Waals surface area contributed by atoms with E-state index in [1.807, 2.05) is 0 Å². The fourth-order valence-electron chi connectivity index (χ4n) is 1.47. The smallest absolute Gasteiger partial charge is 0.318 e. The highest BCUT2D eigenvalue weighted by Crippen LogP contribution is 2.01. The number of methoxy groups -OCH3 is 1. The van der Waals surface area contributed by atoms with Gasteiger partial charge in [0.1, 0.15) is 6.04 Å². The number of hydrogen-bond acceptors (Lipinski definition) is 3. The number of nitrogens with one attached hydrogen (secondary N) is 1. The molecule has 0 saturated carbocycles. The van der Waals surface area contributed by atoms with E-state index in [-0.39, 0.29) is 19.1 Å². The fourth-order valence-corrected chi connectivity index (χ4v) is 1.47. The Kier molecular flexibility index (Phi) is 8.78. The summed E-state index contributed by atoms with van der Waals surface area (Å²) in [5.74, 6) is -0.274. The van der Waals surface area contributed by atoms with Crippen molar-refractivity contribution in [3.05, 3.63) is 0 Å². The zero-order valence-corrected chi connectivity index (χ0v) is 12.4. The number of alkyl halides is 2. The van der Waals surface area contributed by atoms with Gasteiger partial charge in [-0.3, -0.25) is 4.79 Å². The van der Waals surface area contributed by atoms with Crippen LogP contribution in [0.3, 0.4) is 0 Å². The molecule has 1 unspecified atom stereocenters. The summed E-state index contributed by atoms with van der Waals surface area (Å²) in [5.41, 5.74) is 0. The summed E-state index contributed by atoms with van der Waals surface area (Å²) in [5, 5.41) is 2.42. The molecule has 8 heteroatoms. The standard InChI is InChI=1S/C12H23F2N3O3/c1-5-16(3)11(18)9(2)15-12(19)17(6-7-20-4)8-10(13)14/h9-10H,5-8H2,1-4H3,(H,15,19). The molecule has 0 aliphatic rings. The number of halogens is 2. The van der Waals surface area contributed by atoms with Crippen molar-refractivity contribution in [3.63, 3.8) is 0 Å². The van der Waals surface area contributed by atoms with Crippen molar-refractivity contribution in [1.82, 2.24) is 15.1 Å². The fraction of sp³-hybridized carbons (Fsp3) is 0.833. The molecule has 6 nitrogen and oxygen atoms in total. The summed E-state index contributed by atoms with van der Waals surface area (Å²) >= 11 is 0. The quantitative estimate of drug-likeness (QED) is 0.720. The summed E-state index contributed by atoms with van der Waals surface area (Å²) in [7, 11) is 3.02. The van der Waals surface area contributed by atoms with Crippen molar-refractivity contribution >= 4 is 11.9 Å². The van der Waals surface area contributed by atoms with Gasteiger partial charge in [0.25, 0.3) is 6.43 Å². The van der Waals surface area contributed by atoms with E-state index in [1.54, 1.807) is 14.0 Å². The molecule has 20 heavy (non-hydrogen) atoms. The van der Waals surface area contributed by atoms with Crippen LogP contribution in [0.4, 0.5) is 13.6 Å². The molecule has 0 aliphatic heterocycles. The predicted octanol–water partition coefficient (Wildman–Crippen LogP) is 0.776. The van der Waals surface area contributed by atoms with Gasteiger partial charge in [0.2, 0.25) is 5.91 Å². The Morgan fingerprint density at radius 2 is 1.95 bits per heavy atom. The van der Waals surface area contributed by atoms with Crippen molar-refractivity contribution in [3.8, 4) is 0 Å². The summed E-state index contributed by atoms with van der Waals surface area (Å²) in [4.78, 5) is 26.0. The van der Waals surface area contributed by atoms with Gasteiger partial charge in [-0.15, -0.1) is 0 Å². The molecule has 0 heterocycles. The second-order valence-corrected chi connectivity index (χ2v) is 4.35. The number of hydrogen-bond donors (Lipinski definition) is 1. The van der Waals surface area contributed by atoms with Crippen LogP contribution < -0.4 is 5.32 Å². The predicted molar refractivity (Wildman–Crippen MR) is 70.8 cm³/mol. The van der Waals surface area contributed by atoms with E-state index in [0.717, 1.165) is 4.90 Å². The molecule has 0 radical (unpaired) electrons. The molecule has 3 amide bonds. The summed E-state index contributed by atoms with van der Waals surface area (Å²) < 4.78 is 29.6. The molecule has 0 aromatic heterocycles. The maximum atomic E-state index is 12.4. The third-order valence-corrected chi connectivity index (χ3v) is 2.77. The molecule has 0 aromatic rings. The van der Waals surface area contributed by atoms with Crippen LogP contribution in [-0.2, 0) is 9.53 Å². The maximum Gasteiger partial charge on any atom is 0.318 e.